The molecule has 0 radical (unpaired) electrons. The normalized spacial score (nSPS) is 24.2. The molecule has 0 bridgehead atoms. The minimum Gasteiger partial charge on any atom is -0.376 e. The van der Waals surface area contributed by atoms with E-state index >= 15 is 0 Å². The van der Waals surface area contributed by atoms with Crippen molar-refractivity contribution in [3.63, 3.8) is 0 Å². The molecule has 3 rings (SSSR count). The first-order valence-corrected chi connectivity index (χ1v) is 7.90. The van der Waals surface area contributed by atoms with Gasteiger partial charge in [0.25, 0.3) is 0 Å². The molecule has 0 aliphatic carbocycles. The van der Waals surface area contributed by atoms with Crippen molar-refractivity contribution in [1.29, 1.82) is 0 Å². The minimum absolute atomic E-state index is 0.291. The zero-order chi connectivity index (χ0) is 14.5. The molecule has 2 aliphatic heterocycles. The van der Waals surface area contributed by atoms with Crippen molar-refractivity contribution < 1.29 is 9.47 Å². The van der Waals surface area contributed by atoms with Crippen LogP contribution in [0.2, 0.25) is 0 Å². The number of anilines is 1. The number of aryl methyl sites for hydroxylation is 1. The second-order valence-electron chi connectivity index (χ2n) is 5.85. The molecule has 5 nitrogen and oxygen atoms in total. The molecular weight excluding hydrogens is 266 g/mol. The van der Waals surface area contributed by atoms with E-state index in [2.05, 4.69) is 27.8 Å². The smallest absolute Gasteiger partial charge is 0.0821 e. The lowest BCUT2D eigenvalue weighted by molar-refractivity contribution is -0.0927. The van der Waals surface area contributed by atoms with Gasteiger partial charge in [-0.3, -0.25) is 9.88 Å². The van der Waals surface area contributed by atoms with Crippen molar-refractivity contribution in [3.05, 3.63) is 24.0 Å². The van der Waals surface area contributed by atoms with E-state index in [-0.39, 0.29) is 0 Å². The Morgan fingerprint density at radius 1 is 1.24 bits per heavy atom. The molecule has 0 spiro atoms. The van der Waals surface area contributed by atoms with Crippen LogP contribution in [-0.4, -0.2) is 68.5 Å². The first kappa shape index (κ1) is 14.8. The third kappa shape index (κ3) is 3.93. The van der Waals surface area contributed by atoms with E-state index in [1.54, 1.807) is 0 Å². The van der Waals surface area contributed by atoms with Crippen LogP contribution in [0.25, 0.3) is 0 Å². The summed E-state index contributed by atoms with van der Waals surface area (Å²) in [6.45, 7) is 9.92. The van der Waals surface area contributed by atoms with Gasteiger partial charge in [0.05, 0.1) is 25.9 Å². The summed E-state index contributed by atoms with van der Waals surface area (Å²) in [6.07, 6.45) is 5.20. The fourth-order valence-electron chi connectivity index (χ4n) is 3.06. The quantitative estimate of drug-likeness (QED) is 0.836. The van der Waals surface area contributed by atoms with Crippen LogP contribution in [0.3, 0.4) is 0 Å². The maximum absolute atomic E-state index is 5.71. The Morgan fingerprint density at radius 2 is 2.10 bits per heavy atom. The fraction of sp³-hybridized carbons (Fsp3) is 0.688. The zero-order valence-corrected chi connectivity index (χ0v) is 12.8. The second-order valence-corrected chi connectivity index (χ2v) is 5.85. The van der Waals surface area contributed by atoms with E-state index in [1.165, 1.54) is 11.3 Å². The number of piperazine rings is 1. The Hall–Kier alpha value is -1.17. The van der Waals surface area contributed by atoms with Crippen LogP contribution in [0, 0.1) is 6.92 Å². The number of rotatable bonds is 4. The van der Waals surface area contributed by atoms with Gasteiger partial charge in [0.2, 0.25) is 0 Å². The highest BCUT2D eigenvalue weighted by Crippen LogP contribution is 2.20. The molecule has 2 fully saturated rings. The molecule has 0 N–H and O–H groups in total. The number of nitrogens with zero attached hydrogens (tertiary/aromatic N) is 3. The average molecular weight is 291 g/mol. The Labute approximate surface area is 126 Å². The van der Waals surface area contributed by atoms with Crippen molar-refractivity contribution in [3.8, 4) is 0 Å². The molecule has 5 heteroatoms. The molecule has 1 unspecified atom stereocenters. The Balaban J connectivity index is 1.43. The first-order chi connectivity index (χ1) is 10.3. The van der Waals surface area contributed by atoms with Crippen molar-refractivity contribution in [2.24, 2.45) is 0 Å². The first-order valence-electron chi connectivity index (χ1n) is 7.90. The van der Waals surface area contributed by atoms with Gasteiger partial charge in [0, 0.05) is 50.8 Å². The summed E-state index contributed by atoms with van der Waals surface area (Å²) in [5.41, 5.74) is 2.59. The summed E-state index contributed by atoms with van der Waals surface area (Å²) in [4.78, 5) is 9.17. The Bertz CT molecular complexity index is 441. The van der Waals surface area contributed by atoms with Crippen molar-refractivity contribution in [2.75, 3.05) is 57.4 Å². The van der Waals surface area contributed by atoms with Crippen LogP contribution >= 0.6 is 0 Å². The van der Waals surface area contributed by atoms with Gasteiger partial charge in [-0.05, 0) is 25.0 Å². The van der Waals surface area contributed by atoms with Crippen molar-refractivity contribution in [2.45, 2.75) is 19.4 Å². The monoisotopic (exact) mass is 291 g/mol. The second kappa shape index (κ2) is 7.20. The summed E-state index contributed by atoms with van der Waals surface area (Å²) in [5, 5.41) is 0. The molecule has 21 heavy (non-hydrogen) atoms. The van der Waals surface area contributed by atoms with Gasteiger partial charge < -0.3 is 14.4 Å². The number of hydrogen-bond donors (Lipinski definition) is 0. The summed E-state index contributed by atoms with van der Waals surface area (Å²) in [6, 6.07) is 2.12. The van der Waals surface area contributed by atoms with E-state index in [0.717, 1.165) is 59.0 Å². The summed E-state index contributed by atoms with van der Waals surface area (Å²) < 4.78 is 11.2. The molecule has 1 aromatic rings. The molecule has 0 amide bonds. The van der Waals surface area contributed by atoms with Gasteiger partial charge >= 0.3 is 0 Å². The molecular formula is C16H25N3O2. The van der Waals surface area contributed by atoms with Crippen LogP contribution in [0.5, 0.6) is 0 Å². The maximum atomic E-state index is 5.71. The van der Waals surface area contributed by atoms with E-state index in [4.69, 9.17) is 9.47 Å². The van der Waals surface area contributed by atoms with E-state index in [0.29, 0.717) is 6.10 Å². The summed E-state index contributed by atoms with van der Waals surface area (Å²) in [7, 11) is 0. The Morgan fingerprint density at radius 3 is 2.81 bits per heavy atom. The molecule has 2 aliphatic rings. The topological polar surface area (TPSA) is 37.8 Å². The highest BCUT2D eigenvalue weighted by Gasteiger charge is 2.20. The van der Waals surface area contributed by atoms with Crippen LogP contribution in [0.1, 0.15) is 12.0 Å². The van der Waals surface area contributed by atoms with E-state index in [9.17, 15) is 0 Å². The molecule has 1 atom stereocenters. The lowest BCUT2D eigenvalue weighted by atomic mass is 10.2. The van der Waals surface area contributed by atoms with Crippen LogP contribution in [-0.2, 0) is 9.47 Å². The van der Waals surface area contributed by atoms with Crippen LogP contribution in [0.15, 0.2) is 18.5 Å². The van der Waals surface area contributed by atoms with Crippen molar-refractivity contribution in [1.82, 2.24) is 9.88 Å². The highest BCUT2D eigenvalue weighted by molar-refractivity contribution is 5.51. The van der Waals surface area contributed by atoms with Gasteiger partial charge in [-0.15, -0.1) is 0 Å². The van der Waals surface area contributed by atoms with Gasteiger partial charge in [-0.25, -0.2) is 0 Å². The molecule has 1 aromatic heterocycles. The number of aromatic nitrogens is 1. The lowest BCUT2D eigenvalue weighted by Gasteiger charge is -2.37. The van der Waals surface area contributed by atoms with E-state index in [1.807, 2.05) is 12.4 Å². The van der Waals surface area contributed by atoms with Crippen molar-refractivity contribution >= 4 is 5.69 Å². The third-order valence-electron chi connectivity index (χ3n) is 4.36. The molecule has 2 saturated heterocycles. The standard InChI is InChI=1S/C16H25N3O2/c1-14-12-17-4-2-16(14)19-8-6-18(7-9-19)5-3-15-13-20-10-11-21-15/h2,4,12,15H,3,5-11,13H2,1H3. The zero-order valence-electron chi connectivity index (χ0n) is 12.8. The largest absolute Gasteiger partial charge is 0.376 e. The van der Waals surface area contributed by atoms with Gasteiger partial charge in [-0.2, -0.15) is 0 Å². The number of ether oxygens (including phenoxy) is 2. The third-order valence-corrected chi connectivity index (χ3v) is 4.36. The minimum atomic E-state index is 0.291. The Kier molecular flexibility index (Phi) is 5.06. The predicted molar refractivity (Wildman–Crippen MR) is 82.8 cm³/mol. The van der Waals surface area contributed by atoms with Gasteiger partial charge in [-0.1, -0.05) is 0 Å². The molecule has 0 saturated carbocycles. The lowest BCUT2D eigenvalue weighted by Crippen LogP contribution is -2.47. The maximum Gasteiger partial charge on any atom is 0.0821 e. The molecule has 116 valence electrons. The highest BCUT2D eigenvalue weighted by atomic mass is 16.6. The molecule has 3 heterocycles. The average Bonchev–Trinajstić information content (AvgIpc) is 2.55. The fourth-order valence-corrected chi connectivity index (χ4v) is 3.06. The van der Waals surface area contributed by atoms with Gasteiger partial charge in [0.15, 0.2) is 0 Å². The number of hydrogen-bond acceptors (Lipinski definition) is 5. The van der Waals surface area contributed by atoms with E-state index < -0.39 is 0 Å². The van der Waals surface area contributed by atoms with Crippen LogP contribution in [0.4, 0.5) is 5.69 Å². The number of pyridine rings is 1. The summed E-state index contributed by atoms with van der Waals surface area (Å²) >= 11 is 0. The summed E-state index contributed by atoms with van der Waals surface area (Å²) in [5.74, 6) is 0. The van der Waals surface area contributed by atoms with Gasteiger partial charge in [0.1, 0.15) is 0 Å². The molecule has 0 aromatic carbocycles. The van der Waals surface area contributed by atoms with Crippen LogP contribution < -0.4 is 4.90 Å². The predicted octanol–water partition coefficient (Wildman–Crippen LogP) is 1.32. The SMILES string of the molecule is Cc1cnccc1N1CCN(CCC2COCCO2)CC1.